The van der Waals surface area contributed by atoms with Crippen molar-refractivity contribution in [1.82, 2.24) is 0 Å². The maximum Gasteiger partial charge on any atom is 0.338 e. The van der Waals surface area contributed by atoms with E-state index >= 15 is 0 Å². The number of esters is 1. The van der Waals surface area contributed by atoms with E-state index in [1.807, 2.05) is 0 Å². The minimum Gasteiger partial charge on any atom is -0.462 e. The lowest BCUT2D eigenvalue weighted by molar-refractivity contribution is 0.0526. The molecule has 0 spiro atoms. The Morgan fingerprint density at radius 2 is 1.64 bits per heavy atom. The van der Waals surface area contributed by atoms with Gasteiger partial charge in [0.15, 0.2) is 0 Å². The highest BCUT2D eigenvalue weighted by Crippen LogP contribution is 2.22. The minimum atomic E-state index is -3.63. The fourth-order valence-electron chi connectivity index (χ4n) is 3.08. The van der Waals surface area contributed by atoms with E-state index in [2.05, 4.69) is 5.32 Å². The molecule has 0 aromatic heterocycles. The summed E-state index contributed by atoms with van der Waals surface area (Å²) in [5, 5.41) is 2.71. The molecule has 3 aromatic rings. The van der Waals surface area contributed by atoms with E-state index in [0.29, 0.717) is 28.1 Å². The van der Waals surface area contributed by atoms with Crippen LogP contribution in [0.15, 0.2) is 72.8 Å². The smallest absolute Gasteiger partial charge is 0.338 e. The summed E-state index contributed by atoms with van der Waals surface area (Å²) in [5.41, 5.74) is 2.02. The number of hydrogen-bond donors (Lipinski definition) is 1. The molecule has 33 heavy (non-hydrogen) atoms. The number of sulfonamides is 1. The van der Waals surface area contributed by atoms with E-state index in [1.165, 1.54) is 58.9 Å². The van der Waals surface area contributed by atoms with Crippen LogP contribution in [0.1, 0.15) is 33.2 Å². The lowest BCUT2D eigenvalue weighted by Crippen LogP contribution is -2.29. The molecule has 0 atom stereocenters. The quantitative estimate of drug-likeness (QED) is 0.498. The first-order chi connectivity index (χ1) is 15.7. The molecule has 0 unspecified atom stereocenters. The first-order valence-corrected chi connectivity index (χ1v) is 11.9. The molecule has 172 valence electrons. The maximum atomic E-state index is 13.2. The van der Waals surface area contributed by atoms with Crippen LogP contribution in [0.4, 0.5) is 15.8 Å². The number of carbonyl (C=O) groups excluding carboxylic acids is 2. The Morgan fingerprint density at radius 1 is 0.970 bits per heavy atom. The van der Waals surface area contributed by atoms with Gasteiger partial charge in [-0.3, -0.25) is 9.10 Å². The summed E-state index contributed by atoms with van der Waals surface area (Å²) >= 11 is 0. The van der Waals surface area contributed by atoms with Crippen molar-refractivity contribution in [2.45, 2.75) is 13.5 Å². The Kier molecular flexibility index (Phi) is 7.44. The van der Waals surface area contributed by atoms with Crippen LogP contribution >= 0.6 is 0 Å². The largest absolute Gasteiger partial charge is 0.462 e. The molecule has 3 rings (SSSR count). The van der Waals surface area contributed by atoms with Gasteiger partial charge in [0.2, 0.25) is 10.0 Å². The average molecular weight is 471 g/mol. The highest BCUT2D eigenvalue weighted by molar-refractivity contribution is 7.92. The second kappa shape index (κ2) is 10.3. The van der Waals surface area contributed by atoms with Gasteiger partial charge in [0.1, 0.15) is 5.82 Å². The maximum absolute atomic E-state index is 13.2. The number of amides is 1. The fourth-order valence-corrected chi connectivity index (χ4v) is 3.96. The molecule has 0 heterocycles. The topological polar surface area (TPSA) is 92.8 Å². The van der Waals surface area contributed by atoms with Crippen molar-refractivity contribution in [2.24, 2.45) is 0 Å². The predicted octanol–water partition coefficient (Wildman–Crippen LogP) is 4.22. The first kappa shape index (κ1) is 23.9. The molecule has 0 aliphatic carbocycles. The number of benzene rings is 3. The Hall–Kier alpha value is -3.72. The monoisotopic (exact) mass is 470 g/mol. The molecule has 7 nitrogen and oxygen atoms in total. The number of hydrogen-bond acceptors (Lipinski definition) is 5. The van der Waals surface area contributed by atoms with Crippen LogP contribution in [0.2, 0.25) is 0 Å². The fraction of sp³-hybridized carbons (Fsp3) is 0.167. The van der Waals surface area contributed by atoms with Crippen molar-refractivity contribution in [3.63, 3.8) is 0 Å². The highest BCUT2D eigenvalue weighted by atomic mass is 32.2. The van der Waals surface area contributed by atoms with Gasteiger partial charge in [-0.15, -0.1) is 0 Å². The van der Waals surface area contributed by atoms with Gasteiger partial charge in [0, 0.05) is 11.3 Å². The normalized spacial score (nSPS) is 11.0. The van der Waals surface area contributed by atoms with E-state index in [-0.39, 0.29) is 13.2 Å². The Morgan fingerprint density at radius 3 is 2.24 bits per heavy atom. The molecule has 0 aliphatic heterocycles. The van der Waals surface area contributed by atoms with Crippen molar-refractivity contribution in [3.05, 3.63) is 95.3 Å². The van der Waals surface area contributed by atoms with Gasteiger partial charge in [0.05, 0.1) is 30.7 Å². The molecular formula is C24H23FN2O5S. The van der Waals surface area contributed by atoms with E-state index in [9.17, 15) is 22.4 Å². The Balaban J connectivity index is 1.76. The van der Waals surface area contributed by atoms with Crippen molar-refractivity contribution in [1.29, 1.82) is 0 Å². The molecule has 0 radical (unpaired) electrons. The van der Waals surface area contributed by atoms with Crippen LogP contribution in [0.25, 0.3) is 0 Å². The van der Waals surface area contributed by atoms with Crippen molar-refractivity contribution in [3.8, 4) is 0 Å². The lowest BCUT2D eigenvalue weighted by atomic mass is 10.1. The third-order valence-corrected chi connectivity index (χ3v) is 5.83. The molecule has 0 fully saturated rings. The number of carbonyl (C=O) groups is 2. The predicted molar refractivity (Wildman–Crippen MR) is 124 cm³/mol. The second-order valence-corrected chi connectivity index (χ2v) is 9.11. The highest BCUT2D eigenvalue weighted by Gasteiger charge is 2.19. The molecule has 0 saturated heterocycles. The van der Waals surface area contributed by atoms with Gasteiger partial charge < -0.3 is 10.1 Å². The van der Waals surface area contributed by atoms with Crippen LogP contribution < -0.4 is 9.62 Å². The third-order valence-electron chi connectivity index (χ3n) is 4.69. The van der Waals surface area contributed by atoms with Crippen LogP contribution in [-0.4, -0.2) is 33.2 Å². The molecule has 0 aliphatic rings. The van der Waals surface area contributed by atoms with Crippen molar-refractivity contribution < 1.29 is 27.1 Å². The molecular weight excluding hydrogens is 447 g/mol. The number of nitrogens with zero attached hydrogens (tertiary/aromatic N) is 1. The Labute approximate surface area is 191 Å². The summed E-state index contributed by atoms with van der Waals surface area (Å²) < 4.78 is 44.0. The summed E-state index contributed by atoms with van der Waals surface area (Å²) in [7, 11) is -3.63. The van der Waals surface area contributed by atoms with Gasteiger partial charge in [0.25, 0.3) is 5.91 Å². The number of ether oxygens (including phenoxy) is 1. The van der Waals surface area contributed by atoms with Gasteiger partial charge in [-0.05, 0) is 67.1 Å². The van der Waals surface area contributed by atoms with E-state index in [0.717, 1.165) is 6.26 Å². The van der Waals surface area contributed by atoms with E-state index < -0.39 is 27.7 Å². The van der Waals surface area contributed by atoms with Crippen molar-refractivity contribution >= 4 is 33.3 Å². The number of anilines is 2. The lowest BCUT2D eigenvalue weighted by Gasteiger charge is -2.22. The van der Waals surface area contributed by atoms with E-state index in [4.69, 9.17) is 4.74 Å². The molecule has 0 saturated carbocycles. The number of rotatable bonds is 8. The van der Waals surface area contributed by atoms with E-state index in [1.54, 1.807) is 25.1 Å². The summed E-state index contributed by atoms with van der Waals surface area (Å²) in [6, 6.07) is 18.0. The zero-order valence-corrected chi connectivity index (χ0v) is 18.9. The van der Waals surface area contributed by atoms with Gasteiger partial charge >= 0.3 is 5.97 Å². The zero-order chi connectivity index (χ0) is 24.0. The molecule has 0 bridgehead atoms. The van der Waals surface area contributed by atoms with Crippen molar-refractivity contribution in [2.75, 3.05) is 22.5 Å². The van der Waals surface area contributed by atoms with Gasteiger partial charge in [-0.1, -0.05) is 18.2 Å². The first-order valence-electron chi connectivity index (χ1n) is 10.1. The van der Waals surface area contributed by atoms with Crippen LogP contribution in [0, 0.1) is 5.82 Å². The van der Waals surface area contributed by atoms with Crippen LogP contribution in [0.5, 0.6) is 0 Å². The average Bonchev–Trinajstić information content (AvgIpc) is 2.78. The summed E-state index contributed by atoms with van der Waals surface area (Å²) in [6.45, 7) is 1.97. The minimum absolute atomic E-state index is 0.0192. The van der Waals surface area contributed by atoms with Gasteiger partial charge in [-0.25, -0.2) is 17.6 Å². The molecule has 1 N–H and O–H groups in total. The summed E-state index contributed by atoms with van der Waals surface area (Å²) in [4.78, 5) is 24.5. The summed E-state index contributed by atoms with van der Waals surface area (Å²) in [6.07, 6.45) is 1.08. The number of halogens is 1. The molecule has 1 amide bonds. The molecule has 9 heteroatoms. The second-order valence-electron chi connectivity index (χ2n) is 7.20. The molecule has 3 aromatic carbocycles. The summed E-state index contributed by atoms with van der Waals surface area (Å²) in [5.74, 6) is -1.32. The number of nitrogens with one attached hydrogen (secondary N) is 1. The standard InChI is InChI=1S/C24H23FN2O5S/c1-3-32-24(29)19-5-4-6-21(15-19)26-23(28)18-9-13-22(14-10-18)27(33(2,30)31)16-17-7-11-20(25)12-8-17/h4-15H,3,16H2,1-2H3,(H,26,28). The van der Waals surface area contributed by atoms with Crippen LogP contribution in [-0.2, 0) is 21.3 Å². The third kappa shape index (κ3) is 6.39. The van der Waals surface area contributed by atoms with Gasteiger partial charge in [-0.2, -0.15) is 0 Å². The van der Waals surface area contributed by atoms with Crippen LogP contribution in [0.3, 0.4) is 0 Å². The SMILES string of the molecule is CCOC(=O)c1cccc(NC(=O)c2ccc(N(Cc3ccc(F)cc3)S(C)(=O)=O)cc2)c1. The Bertz CT molecular complexity index is 1240. The zero-order valence-electron chi connectivity index (χ0n) is 18.1.